The lowest BCUT2D eigenvalue weighted by molar-refractivity contribution is -0.250. The van der Waals surface area contributed by atoms with Crippen LogP contribution in [0, 0.1) is 0 Å². The molecule has 3 aliphatic rings. The maximum absolute atomic E-state index is 13.8. The summed E-state index contributed by atoms with van der Waals surface area (Å²) >= 11 is 4.48. The Morgan fingerprint density at radius 3 is 2.47 bits per heavy atom. The van der Waals surface area contributed by atoms with Crippen molar-refractivity contribution in [2.75, 3.05) is 13.7 Å². The normalized spacial score (nSPS) is 28.6. The van der Waals surface area contributed by atoms with E-state index in [2.05, 4.69) is 17.9 Å². The Morgan fingerprint density at radius 2 is 1.84 bits per heavy atom. The molecule has 13 heteroatoms. The molecule has 0 radical (unpaired) electrons. The van der Waals surface area contributed by atoms with Gasteiger partial charge in [0.05, 0.1) is 47.0 Å². The first-order valence-corrected chi connectivity index (χ1v) is 14.3. The summed E-state index contributed by atoms with van der Waals surface area (Å²) in [5, 5.41) is 58.0. The molecule has 5 rings (SSSR count). The average molecular weight is 618 g/mol. The highest BCUT2D eigenvalue weighted by molar-refractivity contribution is 7.81. The first-order chi connectivity index (χ1) is 20.1. The van der Waals surface area contributed by atoms with Crippen molar-refractivity contribution >= 4 is 30.0 Å². The largest absolute Gasteiger partial charge is 0.507 e. The fourth-order valence-corrected chi connectivity index (χ4v) is 6.48. The van der Waals surface area contributed by atoms with E-state index in [1.165, 1.54) is 25.3 Å². The zero-order chi connectivity index (χ0) is 31.6. The lowest BCUT2D eigenvalue weighted by atomic mass is 9.72. The second-order valence-corrected chi connectivity index (χ2v) is 12.9. The molecule has 1 fully saturated rings. The molecule has 6 atom stereocenters. The fraction of sp³-hybridized carbons (Fsp3) is 0.500. The number of thiol groups is 1. The van der Waals surface area contributed by atoms with E-state index in [4.69, 9.17) is 14.2 Å². The van der Waals surface area contributed by atoms with E-state index < -0.39 is 101 Å². The third-order valence-electron chi connectivity index (χ3n) is 8.30. The van der Waals surface area contributed by atoms with Crippen molar-refractivity contribution in [3.8, 4) is 17.2 Å². The monoisotopic (exact) mass is 617 g/mol. The van der Waals surface area contributed by atoms with Gasteiger partial charge in [0.25, 0.3) is 0 Å². The predicted molar refractivity (Wildman–Crippen MR) is 154 cm³/mol. The molecular formula is C30H35NO11S. The molecule has 0 saturated carbocycles. The van der Waals surface area contributed by atoms with E-state index in [-0.39, 0.29) is 34.4 Å². The molecule has 12 nitrogen and oxygen atoms in total. The van der Waals surface area contributed by atoms with Crippen LogP contribution in [0.5, 0.6) is 17.2 Å². The lowest BCUT2D eigenvalue weighted by Crippen LogP contribution is -2.58. The van der Waals surface area contributed by atoms with Crippen molar-refractivity contribution in [1.82, 2.24) is 5.32 Å². The zero-order valence-electron chi connectivity index (χ0n) is 24.1. The molecule has 0 amide bonds. The Morgan fingerprint density at radius 1 is 1.16 bits per heavy atom. The number of ether oxygens (including phenoxy) is 3. The molecule has 0 aromatic heterocycles. The van der Waals surface area contributed by atoms with Gasteiger partial charge in [0.15, 0.2) is 17.9 Å². The molecule has 2 aliphatic carbocycles. The number of ketones is 3. The van der Waals surface area contributed by atoms with E-state index in [0.29, 0.717) is 0 Å². The van der Waals surface area contributed by atoms with E-state index in [9.17, 15) is 39.9 Å². The minimum atomic E-state index is -2.25. The van der Waals surface area contributed by atoms with Gasteiger partial charge in [-0.05, 0) is 26.8 Å². The van der Waals surface area contributed by atoms with E-state index >= 15 is 0 Å². The van der Waals surface area contributed by atoms with E-state index in [1.807, 2.05) is 0 Å². The van der Waals surface area contributed by atoms with Gasteiger partial charge in [0.1, 0.15) is 29.5 Å². The Kier molecular flexibility index (Phi) is 8.14. The summed E-state index contributed by atoms with van der Waals surface area (Å²) in [6.45, 7) is 4.21. The van der Waals surface area contributed by atoms with Crippen LogP contribution in [0.2, 0.25) is 0 Å². The summed E-state index contributed by atoms with van der Waals surface area (Å²) in [5.74, 6) is -3.75. The maximum atomic E-state index is 13.8. The number of carbonyl (C=O) groups is 3. The van der Waals surface area contributed by atoms with Gasteiger partial charge in [-0.3, -0.25) is 19.7 Å². The minimum absolute atomic E-state index is 0.0504. The van der Waals surface area contributed by atoms with Crippen LogP contribution in [0.3, 0.4) is 0 Å². The van der Waals surface area contributed by atoms with Crippen LogP contribution in [0.4, 0.5) is 0 Å². The number of benzene rings is 2. The smallest absolute Gasteiger partial charge is 0.202 e. The Bertz CT molecular complexity index is 1500. The number of phenols is 2. The summed E-state index contributed by atoms with van der Waals surface area (Å²) in [5.41, 5.74) is -3.61. The first kappa shape index (κ1) is 31.4. The number of carbonyl (C=O) groups excluding carboxylic acids is 3. The molecule has 43 heavy (non-hydrogen) atoms. The molecule has 0 bridgehead atoms. The van der Waals surface area contributed by atoms with Gasteiger partial charge >= 0.3 is 0 Å². The van der Waals surface area contributed by atoms with Gasteiger partial charge in [0, 0.05) is 42.0 Å². The highest BCUT2D eigenvalue weighted by Crippen LogP contribution is 2.52. The highest BCUT2D eigenvalue weighted by Gasteiger charge is 2.50. The number of nitrogens with one attached hydrogen (secondary N) is 1. The topological polar surface area (TPSA) is 192 Å². The molecule has 2 aromatic carbocycles. The number of Topliss-reactive ketones (excluding diaryl/α,β-unsaturated/α-hetero) is 1. The van der Waals surface area contributed by atoms with E-state index in [1.54, 1.807) is 20.8 Å². The van der Waals surface area contributed by atoms with Crippen LogP contribution in [-0.4, -0.2) is 91.6 Å². The maximum Gasteiger partial charge on any atom is 0.202 e. The van der Waals surface area contributed by atoms with Gasteiger partial charge in [-0.2, -0.15) is 12.6 Å². The van der Waals surface area contributed by atoms with Crippen LogP contribution in [0.25, 0.3) is 0 Å². The molecule has 6 N–H and O–H groups in total. The van der Waals surface area contributed by atoms with Gasteiger partial charge in [-0.25, -0.2) is 0 Å². The van der Waals surface area contributed by atoms with Gasteiger partial charge < -0.3 is 39.7 Å². The quantitative estimate of drug-likeness (QED) is 0.114. The third kappa shape index (κ3) is 5.33. The summed E-state index contributed by atoms with van der Waals surface area (Å²) in [7, 11) is 1.33. The first-order valence-electron chi connectivity index (χ1n) is 13.8. The Balaban J connectivity index is 1.64. The van der Waals surface area contributed by atoms with Gasteiger partial charge in [-0.15, -0.1) is 0 Å². The number of hydrogen-bond donors (Lipinski definition) is 7. The molecule has 1 saturated heterocycles. The lowest BCUT2D eigenvalue weighted by Gasteiger charge is -2.44. The second kappa shape index (κ2) is 11.1. The SMILES string of the molecule is COc1cccc2c1C(=O)c1c(O)c3c(c(O)c1C2=O)C[C@@](O)(C(=O)CO)C[C@@H]3O[C@@H]1C[C@H](NC(C)(C)S)[C@H](O)[C@H](C)O1. The summed E-state index contributed by atoms with van der Waals surface area (Å²) in [4.78, 5) is 39.5. The second-order valence-electron chi connectivity index (χ2n) is 11.8. The molecule has 1 heterocycles. The molecule has 1 aliphatic heterocycles. The van der Waals surface area contributed by atoms with Crippen molar-refractivity contribution in [2.45, 2.75) is 81.1 Å². The number of phenolic OH excluding ortho intramolecular Hbond substituents is 2. The number of aromatic hydroxyl groups is 2. The standard InChI is InChI=1S/C30H35NO11S/c1-12-24(34)15(31-29(2,3)43)8-19(41-12)42-17-10-30(39,18(33)11-32)9-14-21(17)28(38)23-22(26(14)36)25(35)13-6-5-7-16(40-4)20(13)27(23)37/h5-7,12,15,17,19,24,31-32,34,36,38-39,43H,8-11H2,1-4H3/t12-,15-,17-,19+,24+,30-/m0/s1. The molecule has 0 spiro atoms. The number of rotatable bonds is 7. The van der Waals surface area contributed by atoms with Crippen molar-refractivity contribution in [3.63, 3.8) is 0 Å². The van der Waals surface area contributed by atoms with Gasteiger partial charge in [-0.1, -0.05) is 12.1 Å². The van der Waals surface area contributed by atoms with Crippen LogP contribution < -0.4 is 10.1 Å². The Labute approximate surface area is 253 Å². The molecule has 232 valence electrons. The number of methoxy groups -OCH3 is 1. The van der Waals surface area contributed by atoms with E-state index in [0.717, 1.165) is 0 Å². The number of fused-ring (bicyclic) bond motifs is 3. The Hall–Kier alpha value is -3.04. The van der Waals surface area contributed by atoms with Crippen LogP contribution in [0.15, 0.2) is 18.2 Å². The highest BCUT2D eigenvalue weighted by atomic mass is 32.1. The van der Waals surface area contributed by atoms with Crippen molar-refractivity contribution in [2.24, 2.45) is 0 Å². The van der Waals surface area contributed by atoms with Crippen molar-refractivity contribution < 1.29 is 54.1 Å². The number of hydrogen-bond acceptors (Lipinski definition) is 13. The molecule has 0 unspecified atom stereocenters. The predicted octanol–water partition coefficient (Wildman–Crippen LogP) is 1.30. The molecule has 2 aromatic rings. The van der Waals surface area contributed by atoms with Crippen molar-refractivity contribution in [3.05, 3.63) is 51.6 Å². The number of aliphatic hydroxyl groups is 3. The van der Waals surface area contributed by atoms with Gasteiger partial charge in [0.2, 0.25) is 5.78 Å². The molecular weight excluding hydrogens is 582 g/mol. The van der Waals surface area contributed by atoms with Crippen LogP contribution in [-0.2, 0) is 20.7 Å². The summed E-state index contributed by atoms with van der Waals surface area (Å²) in [6, 6.07) is 3.84. The van der Waals surface area contributed by atoms with Crippen LogP contribution in [0.1, 0.15) is 82.7 Å². The van der Waals surface area contributed by atoms with Crippen LogP contribution >= 0.6 is 12.6 Å². The minimum Gasteiger partial charge on any atom is -0.507 e. The fourth-order valence-electron chi connectivity index (χ4n) is 6.31. The number of aliphatic hydroxyl groups excluding tert-OH is 2. The summed E-state index contributed by atoms with van der Waals surface area (Å²) < 4.78 is 17.4. The van der Waals surface area contributed by atoms with Crippen molar-refractivity contribution in [1.29, 1.82) is 0 Å². The average Bonchev–Trinajstić information content (AvgIpc) is 2.94. The summed E-state index contributed by atoms with van der Waals surface area (Å²) in [6.07, 6.45) is -5.00. The third-order valence-corrected chi connectivity index (χ3v) is 8.43. The zero-order valence-corrected chi connectivity index (χ0v) is 25.0.